The second-order valence-electron chi connectivity index (χ2n) is 10.9. The minimum absolute atomic E-state index is 0.346. The molecule has 3 heteroatoms. The van der Waals surface area contributed by atoms with Crippen molar-refractivity contribution in [3.8, 4) is 0 Å². The highest BCUT2D eigenvalue weighted by molar-refractivity contribution is 5.02. The van der Waals surface area contributed by atoms with Gasteiger partial charge in [-0.05, 0) is 76.0 Å². The van der Waals surface area contributed by atoms with Crippen LogP contribution in [0.2, 0.25) is 0 Å². The minimum Gasteiger partial charge on any atom is -0.284 e. The van der Waals surface area contributed by atoms with E-state index in [0.717, 1.165) is 23.8 Å². The molecule has 0 spiro atoms. The van der Waals surface area contributed by atoms with Crippen LogP contribution in [0.3, 0.4) is 0 Å². The van der Waals surface area contributed by atoms with Crippen molar-refractivity contribution < 1.29 is 0 Å². The second-order valence-corrected chi connectivity index (χ2v) is 10.9. The van der Waals surface area contributed by atoms with Crippen LogP contribution in [0.25, 0.3) is 0 Å². The zero-order valence-electron chi connectivity index (χ0n) is 17.8. The maximum absolute atomic E-state index is 4.10. The van der Waals surface area contributed by atoms with E-state index in [1.54, 1.807) is 0 Å². The zero-order valence-corrected chi connectivity index (χ0v) is 17.8. The predicted octanol–water partition coefficient (Wildman–Crippen LogP) is 5.32. The third kappa shape index (κ3) is 3.73. The molecule has 0 aromatic heterocycles. The molecule has 2 aliphatic carbocycles. The molecule has 1 N–H and O–H groups in total. The smallest absolute Gasteiger partial charge is 0.0778 e. The fourth-order valence-corrected chi connectivity index (χ4v) is 7.77. The average Bonchev–Trinajstić information content (AvgIpc) is 2.86. The summed E-state index contributed by atoms with van der Waals surface area (Å²) in [4.78, 5) is 2.98. The van der Waals surface area contributed by atoms with Gasteiger partial charge < -0.3 is 0 Å². The minimum atomic E-state index is 0.346. The van der Waals surface area contributed by atoms with Gasteiger partial charge in [-0.15, -0.1) is 0 Å². The summed E-state index contributed by atoms with van der Waals surface area (Å²) in [5, 5.41) is 2.68. The van der Waals surface area contributed by atoms with Crippen LogP contribution >= 0.6 is 0 Å². The SMILES string of the molecule is CC12CC3N(CCCN3C3CCCCCCC(CC3)C3CCCC1CC3)N2. The maximum Gasteiger partial charge on any atom is 0.0778 e. The van der Waals surface area contributed by atoms with Gasteiger partial charge in [0, 0.05) is 24.7 Å². The lowest BCUT2D eigenvalue weighted by Gasteiger charge is -2.44. The number of nitrogens with zero attached hydrogens (tertiary/aromatic N) is 2. The monoisotopic (exact) mass is 373 g/mol. The van der Waals surface area contributed by atoms with Crippen LogP contribution in [0.5, 0.6) is 0 Å². The van der Waals surface area contributed by atoms with E-state index in [0.29, 0.717) is 11.7 Å². The van der Waals surface area contributed by atoms with Gasteiger partial charge in [-0.2, -0.15) is 0 Å². The quantitative estimate of drug-likeness (QED) is 0.620. The Kier molecular flexibility index (Phi) is 5.56. The molecule has 0 amide bonds. The first kappa shape index (κ1) is 18.9. The molecule has 3 nitrogen and oxygen atoms in total. The standard InChI is InChI=1S/C24H43N3/c1-24-18-23-26(16-7-17-27(23)25-24)22-11-5-3-2-4-8-19(13-15-22)20-9-6-10-21(24)14-12-20/h19-23,25H,2-18H2,1H3. The largest absolute Gasteiger partial charge is 0.284 e. The third-order valence-electron chi connectivity index (χ3n) is 9.35. The van der Waals surface area contributed by atoms with Gasteiger partial charge in [0.25, 0.3) is 0 Å². The molecule has 0 aromatic carbocycles. The van der Waals surface area contributed by atoms with Crippen molar-refractivity contribution in [1.29, 1.82) is 0 Å². The van der Waals surface area contributed by atoms with Crippen LogP contribution in [0, 0.1) is 17.8 Å². The number of nitrogens with one attached hydrogen (secondary N) is 1. The molecule has 0 aromatic rings. The Morgan fingerprint density at radius 1 is 0.704 bits per heavy atom. The molecule has 5 fully saturated rings. The van der Waals surface area contributed by atoms with E-state index in [1.165, 1.54) is 109 Å². The normalized spacial score (nSPS) is 47.2. The Morgan fingerprint density at radius 3 is 2.37 bits per heavy atom. The third-order valence-corrected chi connectivity index (χ3v) is 9.35. The summed E-state index contributed by atoms with van der Waals surface area (Å²) in [7, 11) is 0. The van der Waals surface area contributed by atoms with Crippen LogP contribution in [-0.4, -0.2) is 40.7 Å². The number of fused-ring (bicyclic) bond motifs is 10. The van der Waals surface area contributed by atoms with Gasteiger partial charge in [-0.25, -0.2) is 10.4 Å². The van der Waals surface area contributed by atoms with Crippen LogP contribution in [-0.2, 0) is 0 Å². The summed E-state index contributed by atoms with van der Waals surface area (Å²) in [5.41, 5.74) is 4.44. The number of rotatable bonds is 0. The molecule has 2 saturated carbocycles. The Labute approximate surface area is 167 Å². The van der Waals surface area contributed by atoms with Crippen molar-refractivity contribution in [2.24, 2.45) is 17.8 Å². The molecule has 154 valence electrons. The van der Waals surface area contributed by atoms with Crippen molar-refractivity contribution in [1.82, 2.24) is 15.3 Å². The van der Waals surface area contributed by atoms with Gasteiger partial charge in [0.15, 0.2) is 0 Å². The number of hydrogen-bond donors (Lipinski definition) is 1. The summed E-state index contributed by atoms with van der Waals surface area (Å²) >= 11 is 0. The van der Waals surface area contributed by atoms with Crippen LogP contribution in [0.15, 0.2) is 0 Å². The van der Waals surface area contributed by atoms with Crippen molar-refractivity contribution >= 4 is 0 Å². The zero-order chi connectivity index (χ0) is 18.3. The lowest BCUT2D eigenvalue weighted by Crippen LogP contribution is -2.57. The lowest BCUT2D eigenvalue weighted by molar-refractivity contribution is -0.0278. The molecule has 0 radical (unpaired) electrons. The number of hydrogen-bond acceptors (Lipinski definition) is 3. The van der Waals surface area contributed by atoms with E-state index in [4.69, 9.17) is 0 Å². The Balaban J connectivity index is 1.48. The first-order valence-corrected chi connectivity index (χ1v) is 12.5. The highest BCUT2D eigenvalue weighted by Gasteiger charge is 2.50. The molecule has 6 unspecified atom stereocenters. The van der Waals surface area contributed by atoms with Gasteiger partial charge in [0.1, 0.15) is 0 Å². The van der Waals surface area contributed by atoms with Gasteiger partial charge >= 0.3 is 0 Å². The molecule has 3 aliphatic heterocycles. The highest BCUT2D eigenvalue weighted by atomic mass is 15.6. The van der Waals surface area contributed by atoms with E-state index < -0.39 is 0 Å². The van der Waals surface area contributed by atoms with E-state index in [2.05, 4.69) is 22.3 Å². The van der Waals surface area contributed by atoms with E-state index in [9.17, 15) is 0 Å². The van der Waals surface area contributed by atoms with Gasteiger partial charge in [-0.1, -0.05) is 44.9 Å². The predicted molar refractivity (Wildman–Crippen MR) is 112 cm³/mol. The van der Waals surface area contributed by atoms with Crippen molar-refractivity contribution in [2.75, 3.05) is 13.1 Å². The number of hydrazine groups is 1. The first-order chi connectivity index (χ1) is 13.2. The highest BCUT2D eigenvalue weighted by Crippen LogP contribution is 2.45. The van der Waals surface area contributed by atoms with Crippen LogP contribution in [0.1, 0.15) is 103 Å². The molecule has 6 atom stereocenters. The molecule has 5 aliphatic rings. The fourth-order valence-electron chi connectivity index (χ4n) is 7.77. The van der Waals surface area contributed by atoms with E-state index in [1.807, 2.05) is 0 Å². The molecule has 3 saturated heterocycles. The van der Waals surface area contributed by atoms with E-state index >= 15 is 0 Å². The lowest BCUT2D eigenvalue weighted by atomic mass is 9.75. The molecule has 3 heterocycles. The van der Waals surface area contributed by atoms with Gasteiger partial charge in [0.2, 0.25) is 0 Å². The molecule has 27 heavy (non-hydrogen) atoms. The van der Waals surface area contributed by atoms with Gasteiger partial charge in [-0.3, -0.25) is 4.90 Å². The molecule has 5 rings (SSSR count). The summed E-state index contributed by atoms with van der Waals surface area (Å²) in [6, 6.07) is 0.849. The van der Waals surface area contributed by atoms with E-state index in [-0.39, 0.29) is 0 Å². The van der Waals surface area contributed by atoms with Crippen molar-refractivity contribution in [3.05, 3.63) is 0 Å². The molecular weight excluding hydrogens is 330 g/mol. The average molecular weight is 374 g/mol. The topological polar surface area (TPSA) is 18.5 Å². The first-order valence-electron chi connectivity index (χ1n) is 12.5. The summed E-state index contributed by atoms with van der Waals surface area (Å²) in [5.74, 6) is 2.95. The Bertz CT molecular complexity index is 508. The summed E-state index contributed by atoms with van der Waals surface area (Å²) in [6.07, 6.45) is 22.8. The van der Waals surface area contributed by atoms with Crippen LogP contribution in [0.4, 0.5) is 0 Å². The molecule has 6 bridgehead atoms. The Morgan fingerprint density at radius 2 is 1.48 bits per heavy atom. The maximum atomic E-state index is 4.10. The summed E-state index contributed by atoms with van der Waals surface area (Å²) in [6.45, 7) is 5.19. The Hall–Kier alpha value is -0.120. The van der Waals surface area contributed by atoms with Crippen molar-refractivity contribution in [2.45, 2.75) is 121 Å². The van der Waals surface area contributed by atoms with Crippen LogP contribution < -0.4 is 5.43 Å². The van der Waals surface area contributed by atoms with Crippen molar-refractivity contribution in [3.63, 3.8) is 0 Å². The summed E-state index contributed by atoms with van der Waals surface area (Å²) < 4.78 is 0. The van der Waals surface area contributed by atoms with Gasteiger partial charge in [0.05, 0.1) is 6.17 Å². The second kappa shape index (κ2) is 7.95. The fraction of sp³-hybridized carbons (Fsp3) is 1.00. The molecular formula is C24H43N3.